The van der Waals surface area contributed by atoms with Crippen molar-refractivity contribution in [2.24, 2.45) is 0 Å². The molecule has 35 heavy (non-hydrogen) atoms. The van der Waals surface area contributed by atoms with Crippen LogP contribution in [0.25, 0.3) is 5.76 Å². The number of amides is 1. The van der Waals surface area contributed by atoms with Crippen molar-refractivity contribution < 1.29 is 24.2 Å². The van der Waals surface area contributed by atoms with E-state index in [1.165, 1.54) is 0 Å². The smallest absolute Gasteiger partial charge is 0.295 e. The topological polar surface area (TPSA) is 79.3 Å². The van der Waals surface area contributed by atoms with Crippen LogP contribution in [-0.2, 0) is 14.3 Å². The van der Waals surface area contributed by atoms with E-state index in [9.17, 15) is 14.7 Å². The summed E-state index contributed by atoms with van der Waals surface area (Å²) in [6.45, 7) is 8.56. The van der Waals surface area contributed by atoms with Gasteiger partial charge in [0.05, 0.1) is 31.4 Å². The summed E-state index contributed by atoms with van der Waals surface area (Å²) in [6.07, 6.45) is 1.97. The number of Topliss-reactive ketones (excluding diaryl/α,β-unsaturated/α-hetero) is 1. The molecule has 2 heterocycles. The summed E-state index contributed by atoms with van der Waals surface area (Å²) in [6, 6.07) is 14.1. The van der Waals surface area contributed by atoms with Gasteiger partial charge in [-0.25, -0.2) is 0 Å². The number of rotatable bonds is 9. The predicted molar refractivity (Wildman–Crippen MR) is 134 cm³/mol. The van der Waals surface area contributed by atoms with Crippen molar-refractivity contribution in [1.82, 2.24) is 9.80 Å². The fourth-order valence-electron chi connectivity index (χ4n) is 4.51. The number of nitrogens with zero attached hydrogens (tertiary/aromatic N) is 2. The number of likely N-dealkylation sites (tertiary alicyclic amines) is 1. The first-order valence-corrected chi connectivity index (χ1v) is 12.4. The summed E-state index contributed by atoms with van der Waals surface area (Å²) in [4.78, 5) is 30.3. The third-order valence-electron chi connectivity index (χ3n) is 6.57. The van der Waals surface area contributed by atoms with Gasteiger partial charge in [-0.3, -0.25) is 14.5 Å². The fraction of sp³-hybridized carbons (Fsp3) is 0.429. The molecule has 2 fully saturated rings. The molecule has 2 aromatic carbocycles. The van der Waals surface area contributed by atoms with E-state index >= 15 is 0 Å². The zero-order valence-electron chi connectivity index (χ0n) is 20.5. The van der Waals surface area contributed by atoms with Gasteiger partial charge in [-0.1, -0.05) is 55.3 Å². The molecule has 2 aliphatic heterocycles. The van der Waals surface area contributed by atoms with Crippen LogP contribution in [-0.4, -0.2) is 72.6 Å². The molecule has 0 aromatic heterocycles. The summed E-state index contributed by atoms with van der Waals surface area (Å²) >= 11 is 0. The first-order chi connectivity index (χ1) is 17.0. The maximum atomic E-state index is 13.3. The molecule has 0 saturated carbocycles. The number of aryl methyl sites for hydroxylation is 1. The van der Waals surface area contributed by atoms with E-state index in [4.69, 9.17) is 9.47 Å². The van der Waals surface area contributed by atoms with Crippen molar-refractivity contribution in [3.05, 3.63) is 70.8 Å². The van der Waals surface area contributed by atoms with E-state index < -0.39 is 17.7 Å². The van der Waals surface area contributed by atoms with E-state index in [2.05, 4.69) is 11.8 Å². The molecule has 4 rings (SSSR count). The largest absolute Gasteiger partial charge is 0.507 e. The number of unbranched alkanes of at least 4 members (excludes halogenated alkanes) is 1. The Labute approximate surface area is 206 Å². The van der Waals surface area contributed by atoms with Crippen LogP contribution in [0.2, 0.25) is 0 Å². The summed E-state index contributed by atoms with van der Waals surface area (Å²) in [5, 5.41) is 11.2. The van der Waals surface area contributed by atoms with Crippen molar-refractivity contribution in [3.63, 3.8) is 0 Å². The number of carbonyl (C=O) groups is 2. The molecule has 0 aliphatic carbocycles. The maximum Gasteiger partial charge on any atom is 0.295 e. The van der Waals surface area contributed by atoms with Crippen molar-refractivity contribution in [2.75, 3.05) is 46.0 Å². The third-order valence-corrected chi connectivity index (χ3v) is 6.57. The number of hydrogen-bond acceptors (Lipinski definition) is 6. The average molecular weight is 479 g/mol. The number of benzene rings is 2. The van der Waals surface area contributed by atoms with Gasteiger partial charge in [0.15, 0.2) is 0 Å². The highest BCUT2D eigenvalue weighted by atomic mass is 16.5. The average Bonchev–Trinajstić information content (AvgIpc) is 3.13. The summed E-state index contributed by atoms with van der Waals surface area (Å²) < 4.78 is 11.3. The molecule has 2 saturated heterocycles. The second kappa shape index (κ2) is 11.5. The van der Waals surface area contributed by atoms with Gasteiger partial charge in [0.2, 0.25) is 0 Å². The third kappa shape index (κ3) is 5.74. The van der Waals surface area contributed by atoms with Crippen LogP contribution in [0.15, 0.2) is 54.1 Å². The molecule has 0 spiro atoms. The second-order valence-electron chi connectivity index (χ2n) is 9.09. The minimum absolute atomic E-state index is 0.117. The van der Waals surface area contributed by atoms with Crippen molar-refractivity contribution in [2.45, 2.75) is 32.7 Å². The Balaban J connectivity index is 1.71. The Morgan fingerprint density at radius 3 is 2.54 bits per heavy atom. The van der Waals surface area contributed by atoms with E-state index in [0.29, 0.717) is 44.2 Å². The zero-order chi connectivity index (χ0) is 24.8. The van der Waals surface area contributed by atoms with Gasteiger partial charge in [0, 0.05) is 31.7 Å². The standard InChI is InChI=1S/C28H34N2O5/c1-3-4-16-35-23-7-5-6-22(19-23)25-24(26(31)21-10-8-20(2)9-11-21)27(32)28(33)30(25)13-12-29-14-17-34-18-15-29/h5-11,19,25,31H,3-4,12-18H2,1-2H3. The second-order valence-corrected chi connectivity index (χ2v) is 9.09. The van der Waals surface area contributed by atoms with Crippen LogP contribution in [0.1, 0.15) is 42.5 Å². The molecular formula is C28H34N2O5. The van der Waals surface area contributed by atoms with Crippen molar-refractivity contribution in [3.8, 4) is 5.75 Å². The highest BCUT2D eigenvalue weighted by Crippen LogP contribution is 2.40. The molecule has 1 amide bonds. The number of aliphatic hydroxyl groups is 1. The monoisotopic (exact) mass is 478 g/mol. The predicted octanol–water partition coefficient (Wildman–Crippen LogP) is 3.93. The summed E-state index contributed by atoms with van der Waals surface area (Å²) in [5.74, 6) is -0.717. The van der Waals surface area contributed by atoms with Gasteiger partial charge >= 0.3 is 0 Å². The van der Waals surface area contributed by atoms with E-state index in [1.54, 1.807) is 17.0 Å². The van der Waals surface area contributed by atoms with Gasteiger partial charge in [-0.2, -0.15) is 0 Å². The van der Waals surface area contributed by atoms with Gasteiger partial charge in [-0.05, 0) is 31.0 Å². The van der Waals surface area contributed by atoms with Crippen LogP contribution in [0.4, 0.5) is 0 Å². The molecule has 0 radical (unpaired) electrons. The zero-order valence-corrected chi connectivity index (χ0v) is 20.5. The number of morpholine rings is 1. The van der Waals surface area contributed by atoms with E-state index in [0.717, 1.165) is 37.1 Å². The Hall–Kier alpha value is -3.16. The highest BCUT2D eigenvalue weighted by molar-refractivity contribution is 6.46. The highest BCUT2D eigenvalue weighted by Gasteiger charge is 2.46. The molecular weight excluding hydrogens is 444 g/mol. The Morgan fingerprint density at radius 2 is 1.83 bits per heavy atom. The number of ether oxygens (including phenoxy) is 2. The van der Waals surface area contributed by atoms with E-state index in [-0.39, 0.29) is 11.3 Å². The lowest BCUT2D eigenvalue weighted by atomic mass is 9.95. The maximum absolute atomic E-state index is 13.3. The first-order valence-electron chi connectivity index (χ1n) is 12.4. The molecule has 2 aliphatic rings. The van der Waals surface area contributed by atoms with Crippen LogP contribution >= 0.6 is 0 Å². The SMILES string of the molecule is CCCCOc1cccc(C2C(=C(O)c3ccc(C)cc3)C(=O)C(=O)N2CCN2CCOCC2)c1. The summed E-state index contributed by atoms with van der Waals surface area (Å²) in [7, 11) is 0. The van der Waals surface area contributed by atoms with Crippen LogP contribution in [0, 0.1) is 6.92 Å². The van der Waals surface area contributed by atoms with E-state index in [1.807, 2.05) is 43.3 Å². The molecule has 7 nitrogen and oxygen atoms in total. The first kappa shape index (κ1) is 24.9. The lowest BCUT2D eigenvalue weighted by Crippen LogP contribution is -2.42. The summed E-state index contributed by atoms with van der Waals surface area (Å²) in [5.41, 5.74) is 2.42. The molecule has 1 atom stereocenters. The van der Waals surface area contributed by atoms with Crippen molar-refractivity contribution in [1.29, 1.82) is 0 Å². The molecule has 186 valence electrons. The van der Waals surface area contributed by atoms with Gasteiger partial charge < -0.3 is 19.5 Å². The Bertz CT molecular complexity index is 1070. The normalized spacial score (nSPS) is 20.4. The van der Waals surface area contributed by atoms with Gasteiger partial charge in [0.25, 0.3) is 11.7 Å². The lowest BCUT2D eigenvalue weighted by molar-refractivity contribution is -0.140. The fourth-order valence-corrected chi connectivity index (χ4v) is 4.51. The van der Waals surface area contributed by atoms with Crippen LogP contribution in [0.5, 0.6) is 5.75 Å². The lowest BCUT2D eigenvalue weighted by Gasteiger charge is -2.31. The van der Waals surface area contributed by atoms with Gasteiger partial charge in [0.1, 0.15) is 11.5 Å². The Kier molecular flexibility index (Phi) is 8.21. The quantitative estimate of drug-likeness (QED) is 0.255. The minimum Gasteiger partial charge on any atom is -0.507 e. The number of carbonyl (C=O) groups excluding carboxylic acids is 2. The molecule has 1 N–H and O–H groups in total. The van der Waals surface area contributed by atoms with Gasteiger partial charge in [-0.15, -0.1) is 0 Å². The number of aliphatic hydroxyl groups excluding tert-OH is 1. The number of ketones is 1. The van der Waals surface area contributed by atoms with Crippen molar-refractivity contribution >= 4 is 17.4 Å². The van der Waals surface area contributed by atoms with Crippen LogP contribution < -0.4 is 4.74 Å². The molecule has 0 bridgehead atoms. The minimum atomic E-state index is -0.688. The van der Waals surface area contributed by atoms with Crippen LogP contribution in [0.3, 0.4) is 0 Å². The molecule has 1 unspecified atom stereocenters. The number of hydrogen-bond donors (Lipinski definition) is 1. The Morgan fingerprint density at radius 1 is 1.09 bits per heavy atom. The molecule has 2 aromatic rings. The molecule has 7 heteroatoms.